The van der Waals surface area contributed by atoms with Crippen molar-refractivity contribution < 1.29 is 40.9 Å². The molecule has 18 nitrogen and oxygen atoms in total. The number of rotatable bonds is 0. The number of nitrogens with one attached hydrogen (secondary N) is 4. The lowest BCUT2D eigenvalue weighted by atomic mass is 9.93. The number of hydrogen-bond acceptors (Lipinski definition) is 16. The minimum Gasteiger partial charge on any atom is -0.497 e. The molecule has 0 aromatic rings. The third kappa shape index (κ3) is 5.62. The van der Waals surface area contributed by atoms with Crippen LogP contribution in [0.3, 0.4) is 0 Å². The van der Waals surface area contributed by atoms with Gasteiger partial charge in [0.1, 0.15) is 14.2 Å². The summed E-state index contributed by atoms with van der Waals surface area (Å²) >= 11 is 0. The lowest BCUT2D eigenvalue weighted by Gasteiger charge is -2.53. The molecule has 41 heavy (non-hydrogen) atoms. The average Bonchev–Trinajstić information content (AvgIpc) is 2.97. The second-order valence-corrected chi connectivity index (χ2v) is 24.6. The van der Waals surface area contributed by atoms with E-state index in [1.807, 2.05) is 0 Å². The maximum absolute atomic E-state index is 6.47. The highest BCUT2D eigenvalue weighted by Gasteiger charge is 2.51. The Hall–Kier alpha value is 0.900. The van der Waals surface area contributed by atoms with E-state index in [0.717, 1.165) is 51.9 Å². The van der Waals surface area contributed by atoms with Gasteiger partial charge in [0.25, 0.3) is 15.2 Å². The summed E-state index contributed by atoms with van der Waals surface area (Å²) in [4.78, 5) is 4.94. The molecular weight excluding hydrogens is 658 g/mol. The van der Waals surface area contributed by atoms with E-state index in [1.165, 1.54) is 0 Å². The molecular formula is C17H36N10O8P6. The van der Waals surface area contributed by atoms with Gasteiger partial charge in [-0.2, -0.15) is 18.1 Å². The van der Waals surface area contributed by atoms with Gasteiger partial charge < -0.3 is 36.5 Å². The highest BCUT2D eigenvalue weighted by Crippen LogP contribution is 2.85. The highest BCUT2D eigenvalue weighted by atomic mass is 31.3. The van der Waals surface area contributed by atoms with E-state index in [9.17, 15) is 0 Å². The molecule has 5 fully saturated rings. The molecule has 0 radical (unpaired) electrons. The van der Waals surface area contributed by atoms with Crippen molar-refractivity contribution in [2.24, 2.45) is 28.0 Å². The molecule has 0 aromatic carbocycles. The quantitative estimate of drug-likeness (QED) is 0.257. The average molecular weight is 694 g/mol. The Labute approximate surface area is 239 Å². The zero-order valence-corrected chi connectivity index (χ0v) is 27.8. The molecule has 0 unspecified atom stereocenters. The molecule has 0 aromatic heterocycles. The normalized spacial score (nSPS) is 51.5. The smallest absolute Gasteiger partial charge is 0.467 e. The fourth-order valence-corrected chi connectivity index (χ4v) is 26.3. The van der Waals surface area contributed by atoms with Crippen LogP contribution in [0.2, 0.25) is 0 Å². The van der Waals surface area contributed by atoms with Gasteiger partial charge in [-0.25, -0.2) is 14.9 Å². The van der Waals surface area contributed by atoms with Gasteiger partial charge in [0.2, 0.25) is 0 Å². The van der Waals surface area contributed by atoms with Gasteiger partial charge in [0.15, 0.2) is 0 Å². The predicted octanol–water partition coefficient (Wildman–Crippen LogP) is 4.68. The minimum absolute atomic E-state index is 0.280. The fourth-order valence-electron chi connectivity index (χ4n) is 5.06. The first-order chi connectivity index (χ1) is 19.9. The summed E-state index contributed by atoms with van der Waals surface area (Å²) in [6.45, 7) is 6.39. The van der Waals surface area contributed by atoms with Crippen LogP contribution in [0.15, 0.2) is 22.6 Å². The monoisotopic (exact) mass is 694 g/mol. The van der Waals surface area contributed by atoms with Crippen molar-refractivity contribution in [3.05, 3.63) is 4.86 Å². The number of nitrogens with zero attached hydrogens (tertiary/aromatic N) is 6. The summed E-state index contributed by atoms with van der Waals surface area (Å²) in [5.41, 5.74) is -0.576. The minimum atomic E-state index is -3.07. The number of hydrogen-bond donors (Lipinski definition) is 4. The van der Waals surface area contributed by atoms with E-state index in [-0.39, 0.29) is 26.4 Å². The summed E-state index contributed by atoms with van der Waals surface area (Å²) in [5.74, 6) is 0. The fraction of sp³-hybridized carbons (Fsp3) is 1.00. The van der Waals surface area contributed by atoms with Crippen molar-refractivity contribution in [1.82, 2.24) is 15.3 Å². The first-order valence-corrected chi connectivity index (χ1v) is 23.4. The molecule has 8 aliphatic heterocycles. The second kappa shape index (κ2) is 11.0. The molecule has 4 N–H and O–H groups in total. The van der Waals surface area contributed by atoms with Gasteiger partial charge in [0.05, 0.1) is 65.9 Å². The van der Waals surface area contributed by atoms with E-state index in [0.29, 0.717) is 26.4 Å². The molecule has 5 saturated heterocycles. The molecule has 0 saturated carbocycles. The van der Waals surface area contributed by atoms with Gasteiger partial charge in [0, 0.05) is 26.1 Å². The Morgan fingerprint density at radius 3 is 1.83 bits per heavy atom. The molecule has 4 atom stereocenters. The standard InChI is InChI=1S/C17H35N10O8P6/c1-5-18-36(28-9-1)22-37(19-6-2-10-29-37)25-40(24-36)32-13-17(14-33-40)15-34-41(35-16-17)26-38(20-7-3-11-30-38)23-39(27-41)21-8-4-12-31-39/h18-20H,1-16H2/q-1/p+1/t17?,36-,37+,38-,39+,40?,41?/m0/s1. The lowest BCUT2D eigenvalue weighted by molar-refractivity contribution is -0.450. The highest BCUT2D eigenvalue weighted by molar-refractivity contribution is 7.87. The van der Waals surface area contributed by atoms with Crippen molar-refractivity contribution in [3.63, 3.8) is 0 Å². The third-order valence-electron chi connectivity index (χ3n) is 7.22. The summed E-state index contributed by atoms with van der Waals surface area (Å²) in [5, 5.41) is 10.2. The van der Waals surface area contributed by atoms with Crippen LogP contribution in [0.4, 0.5) is 0 Å². The van der Waals surface area contributed by atoms with Gasteiger partial charge in [-0.15, -0.1) is 4.52 Å². The van der Waals surface area contributed by atoms with Crippen molar-refractivity contribution in [1.29, 1.82) is 0 Å². The zero-order chi connectivity index (χ0) is 27.5. The first kappa shape index (κ1) is 29.3. The van der Waals surface area contributed by atoms with Gasteiger partial charge >= 0.3 is 15.2 Å². The van der Waals surface area contributed by atoms with Crippen LogP contribution in [0, 0.1) is 5.41 Å². The van der Waals surface area contributed by atoms with Crippen LogP contribution in [0.25, 0.3) is 4.86 Å². The van der Waals surface area contributed by atoms with Crippen LogP contribution < -0.4 is 20.0 Å². The van der Waals surface area contributed by atoms with Crippen LogP contribution in [0.5, 0.6) is 0 Å². The van der Waals surface area contributed by atoms with Gasteiger partial charge in [-0.3, -0.25) is 9.61 Å². The summed E-state index contributed by atoms with van der Waals surface area (Å²) in [6, 6.07) is 0. The van der Waals surface area contributed by atoms with Gasteiger partial charge in [-0.05, 0) is 19.3 Å². The zero-order valence-electron chi connectivity index (χ0n) is 22.4. The van der Waals surface area contributed by atoms with Crippen molar-refractivity contribution >= 4 is 45.6 Å². The molecule has 8 rings (SSSR count). The largest absolute Gasteiger partial charge is 0.497 e. The maximum atomic E-state index is 6.47. The Bertz CT molecular complexity index is 1380. The summed E-state index contributed by atoms with van der Waals surface area (Å²) < 4.78 is 78.6. The van der Waals surface area contributed by atoms with E-state index in [1.54, 1.807) is 0 Å². The topological polar surface area (TPSA) is 200 Å². The Morgan fingerprint density at radius 2 is 1.22 bits per heavy atom. The third-order valence-corrected chi connectivity index (χ3v) is 25.2. The molecule has 232 valence electrons. The molecule has 7 spiro atoms. The van der Waals surface area contributed by atoms with Crippen molar-refractivity contribution in [3.8, 4) is 0 Å². The molecule has 0 aliphatic carbocycles. The van der Waals surface area contributed by atoms with Crippen LogP contribution in [-0.4, -0.2) is 79.0 Å². The van der Waals surface area contributed by atoms with E-state index >= 15 is 0 Å². The Kier molecular flexibility index (Phi) is 7.87. The second-order valence-electron chi connectivity index (χ2n) is 10.7. The summed E-state index contributed by atoms with van der Waals surface area (Å²) in [7, 11) is -17.1. The lowest BCUT2D eigenvalue weighted by Crippen LogP contribution is -2.68. The summed E-state index contributed by atoms with van der Waals surface area (Å²) in [6.07, 6.45) is 3.54. The van der Waals surface area contributed by atoms with Crippen LogP contribution in [0.1, 0.15) is 25.7 Å². The molecule has 0 amide bonds. The molecule has 0 bridgehead atoms. The Balaban J connectivity index is 1.06. The van der Waals surface area contributed by atoms with E-state index in [4.69, 9.17) is 63.6 Å². The predicted molar refractivity (Wildman–Crippen MR) is 155 cm³/mol. The van der Waals surface area contributed by atoms with E-state index < -0.39 is 51.1 Å². The first-order valence-electron chi connectivity index (χ1n) is 13.9. The van der Waals surface area contributed by atoms with Crippen molar-refractivity contribution in [2.75, 3.05) is 79.0 Å². The maximum Gasteiger partial charge on any atom is 0.467 e. The van der Waals surface area contributed by atoms with Crippen LogP contribution >= 0.6 is 45.6 Å². The molecule has 8 aliphatic rings. The van der Waals surface area contributed by atoms with E-state index in [2.05, 4.69) is 20.0 Å². The SMILES string of the molecule is C1CN[P@@]2(=NP3(=N[P@@]4(=N2)NCCCO4)OCC2(CO3)COP3(=N[P@@]4(=[NH+]CCCO4)N=[P@]4([N-]3)NCCCO4)OC2)OC1. The van der Waals surface area contributed by atoms with Crippen LogP contribution in [-0.2, 0) is 36.2 Å². The molecule has 8 heterocycles. The van der Waals surface area contributed by atoms with Gasteiger partial charge in [-0.1, -0.05) is 0 Å². The van der Waals surface area contributed by atoms with Crippen molar-refractivity contribution in [2.45, 2.75) is 25.7 Å². The molecule has 24 heteroatoms. The Morgan fingerprint density at radius 1 is 0.585 bits per heavy atom.